The van der Waals surface area contributed by atoms with Crippen molar-refractivity contribution < 1.29 is 14.3 Å². The van der Waals surface area contributed by atoms with Crippen LogP contribution in [0.25, 0.3) is 0 Å². The topological polar surface area (TPSA) is 67.4 Å². The molecule has 2 aromatic rings. The maximum Gasteiger partial charge on any atom is 0.408 e. The van der Waals surface area contributed by atoms with Crippen LogP contribution in [0, 0.1) is 6.92 Å². The fraction of sp³-hybridized carbons (Fsp3) is 0.333. The zero-order chi connectivity index (χ0) is 19.2. The summed E-state index contributed by atoms with van der Waals surface area (Å²) in [4.78, 5) is 24.9. The van der Waals surface area contributed by atoms with Crippen molar-refractivity contribution in [2.24, 2.45) is 0 Å². The van der Waals surface area contributed by atoms with Gasteiger partial charge in [-0.1, -0.05) is 54.6 Å². The summed E-state index contributed by atoms with van der Waals surface area (Å²) in [5.74, 6) is -0.287. The number of carbonyl (C=O) groups excluding carboxylic acids is 2. The van der Waals surface area contributed by atoms with Crippen molar-refractivity contribution in [3.8, 4) is 0 Å². The van der Waals surface area contributed by atoms with E-state index in [1.54, 1.807) is 32.9 Å². The second kappa shape index (κ2) is 8.52. The molecule has 0 aromatic heterocycles. The molecule has 2 amide bonds. The number of nitrogens with one attached hydrogen (secondary N) is 2. The van der Waals surface area contributed by atoms with E-state index in [-0.39, 0.29) is 5.91 Å². The predicted octanol–water partition coefficient (Wildman–Crippen LogP) is 3.88. The van der Waals surface area contributed by atoms with Crippen LogP contribution < -0.4 is 10.6 Å². The van der Waals surface area contributed by atoms with Crippen LogP contribution in [0.3, 0.4) is 0 Å². The summed E-state index contributed by atoms with van der Waals surface area (Å²) in [6, 6.07) is 16.1. The quantitative estimate of drug-likeness (QED) is 0.856. The molecule has 0 bridgehead atoms. The summed E-state index contributed by atoms with van der Waals surface area (Å²) >= 11 is 0. The monoisotopic (exact) mass is 354 g/mol. The highest BCUT2D eigenvalue weighted by Crippen LogP contribution is 2.15. The zero-order valence-electron chi connectivity index (χ0n) is 15.7. The van der Waals surface area contributed by atoms with E-state index in [1.807, 2.05) is 49.4 Å². The molecule has 0 heterocycles. The van der Waals surface area contributed by atoms with Crippen LogP contribution in [0.5, 0.6) is 0 Å². The lowest BCUT2D eigenvalue weighted by Gasteiger charge is -2.23. The number of ether oxygens (including phenoxy) is 1. The Morgan fingerprint density at radius 3 is 2.23 bits per heavy atom. The fourth-order valence-electron chi connectivity index (χ4n) is 2.46. The van der Waals surface area contributed by atoms with Crippen LogP contribution in [0.4, 0.5) is 4.79 Å². The van der Waals surface area contributed by atoms with Crippen molar-refractivity contribution in [1.82, 2.24) is 10.6 Å². The van der Waals surface area contributed by atoms with Gasteiger partial charge in [-0.3, -0.25) is 4.79 Å². The summed E-state index contributed by atoms with van der Waals surface area (Å²) in [5, 5.41) is 5.56. The number of aryl methyl sites for hydroxylation is 1. The maximum absolute atomic E-state index is 12.7. The van der Waals surface area contributed by atoms with E-state index in [0.717, 1.165) is 11.1 Å². The summed E-state index contributed by atoms with van der Waals surface area (Å²) in [5.41, 5.74) is 2.19. The minimum atomic E-state index is -0.824. The van der Waals surface area contributed by atoms with E-state index in [1.165, 1.54) is 0 Å². The lowest BCUT2D eigenvalue weighted by Crippen LogP contribution is -2.42. The molecule has 0 aliphatic carbocycles. The molecule has 1 atom stereocenters. The third kappa shape index (κ3) is 5.92. The van der Waals surface area contributed by atoms with E-state index in [9.17, 15) is 9.59 Å². The second-order valence-electron chi connectivity index (χ2n) is 7.13. The average molecular weight is 354 g/mol. The van der Waals surface area contributed by atoms with Gasteiger partial charge in [0.2, 0.25) is 5.91 Å². The van der Waals surface area contributed by atoms with E-state index < -0.39 is 17.7 Å². The van der Waals surface area contributed by atoms with Crippen molar-refractivity contribution in [3.05, 3.63) is 71.3 Å². The van der Waals surface area contributed by atoms with E-state index in [2.05, 4.69) is 10.6 Å². The van der Waals surface area contributed by atoms with Gasteiger partial charge in [0.25, 0.3) is 0 Å². The molecule has 5 nitrogen and oxygen atoms in total. The Kier molecular flexibility index (Phi) is 6.39. The minimum Gasteiger partial charge on any atom is -0.444 e. The standard InChI is InChI=1S/C21H26N2O3/c1-15-10-8-9-13-17(15)14-22-19(24)18(16-11-6-5-7-12-16)23-20(25)26-21(2,3)4/h5-13,18H,14H2,1-4H3,(H,22,24)(H,23,25). The van der Waals surface area contributed by atoms with Crippen molar-refractivity contribution in [2.75, 3.05) is 0 Å². The third-order valence-corrected chi connectivity index (χ3v) is 3.77. The van der Waals surface area contributed by atoms with Crippen molar-refractivity contribution in [1.29, 1.82) is 0 Å². The molecule has 5 heteroatoms. The van der Waals surface area contributed by atoms with Crippen molar-refractivity contribution in [3.63, 3.8) is 0 Å². The molecule has 0 aliphatic heterocycles. The molecule has 0 radical (unpaired) electrons. The number of alkyl carbamates (subject to hydrolysis) is 1. The second-order valence-corrected chi connectivity index (χ2v) is 7.13. The molecule has 0 saturated heterocycles. The van der Waals surface area contributed by atoms with Gasteiger partial charge in [0.05, 0.1) is 0 Å². The molecule has 0 saturated carbocycles. The molecule has 2 N–H and O–H groups in total. The van der Waals surface area contributed by atoms with Gasteiger partial charge >= 0.3 is 6.09 Å². The summed E-state index contributed by atoms with van der Waals surface area (Å²) < 4.78 is 5.29. The summed E-state index contributed by atoms with van der Waals surface area (Å²) in [6.45, 7) is 7.73. The largest absolute Gasteiger partial charge is 0.444 e. The highest BCUT2D eigenvalue weighted by molar-refractivity contribution is 5.86. The summed E-state index contributed by atoms with van der Waals surface area (Å²) in [6.07, 6.45) is -0.627. The number of carbonyl (C=O) groups is 2. The van der Waals surface area contributed by atoms with Crippen LogP contribution in [0.2, 0.25) is 0 Å². The van der Waals surface area contributed by atoms with Crippen LogP contribution in [0.15, 0.2) is 54.6 Å². The Hall–Kier alpha value is -2.82. The molecule has 138 valence electrons. The lowest BCUT2D eigenvalue weighted by atomic mass is 10.1. The maximum atomic E-state index is 12.7. The molecule has 0 aliphatic rings. The van der Waals surface area contributed by atoms with Crippen LogP contribution >= 0.6 is 0 Å². The van der Waals surface area contributed by atoms with Gasteiger partial charge in [0.1, 0.15) is 11.6 Å². The predicted molar refractivity (Wildman–Crippen MR) is 102 cm³/mol. The average Bonchev–Trinajstić information content (AvgIpc) is 2.58. The van der Waals surface area contributed by atoms with Gasteiger partial charge in [0.15, 0.2) is 0 Å². The first-order valence-corrected chi connectivity index (χ1v) is 8.63. The summed E-state index contributed by atoms with van der Waals surface area (Å²) in [7, 11) is 0. The number of hydrogen-bond acceptors (Lipinski definition) is 3. The number of rotatable bonds is 5. The third-order valence-electron chi connectivity index (χ3n) is 3.77. The Bertz CT molecular complexity index is 751. The molecular formula is C21H26N2O3. The molecule has 1 unspecified atom stereocenters. The van der Waals surface area contributed by atoms with Gasteiger partial charge in [0, 0.05) is 6.54 Å². The highest BCUT2D eigenvalue weighted by Gasteiger charge is 2.25. The Labute approximate surface area is 154 Å². The van der Waals surface area contributed by atoms with Gasteiger partial charge in [-0.05, 0) is 44.4 Å². The van der Waals surface area contributed by atoms with Crippen molar-refractivity contribution in [2.45, 2.75) is 45.9 Å². The first kappa shape index (κ1) is 19.5. The van der Waals surface area contributed by atoms with Crippen molar-refractivity contribution >= 4 is 12.0 Å². The van der Waals surface area contributed by atoms with Gasteiger partial charge in [-0.2, -0.15) is 0 Å². The Morgan fingerprint density at radius 1 is 1.00 bits per heavy atom. The number of benzene rings is 2. The van der Waals surface area contributed by atoms with Gasteiger partial charge in [-0.25, -0.2) is 4.79 Å². The Balaban J connectivity index is 2.11. The van der Waals surface area contributed by atoms with E-state index in [0.29, 0.717) is 12.1 Å². The van der Waals surface area contributed by atoms with E-state index >= 15 is 0 Å². The zero-order valence-corrected chi connectivity index (χ0v) is 15.7. The molecule has 0 spiro atoms. The van der Waals surface area contributed by atoms with Crippen LogP contribution in [-0.4, -0.2) is 17.6 Å². The first-order chi connectivity index (χ1) is 12.3. The highest BCUT2D eigenvalue weighted by atomic mass is 16.6. The first-order valence-electron chi connectivity index (χ1n) is 8.63. The number of amides is 2. The Morgan fingerprint density at radius 2 is 1.62 bits per heavy atom. The fourth-order valence-corrected chi connectivity index (χ4v) is 2.46. The van der Waals surface area contributed by atoms with Gasteiger partial charge < -0.3 is 15.4 Å². The molecular weight excluding hydrogens is 328 g/mol. The normalized spacial score (nSPS) is 12.2. The number of hydrogen-bond donors (Lipinski definition) is 2. The molecule has 2 aromatic carbocycles. The van der Waals surface area contributed by atoms with Crippen LogP contribution in [-0.2, 0) is 16.1 Å². The molecule has 0 fully saturated rings. The smallest absolute Gasteiger partial charge is 0.408 e. The van der Waals surface area contributed by atoms with E-state index in [4.69, 9.17) is 4.74 Å². The van der Waals surface area contributed by atoms with Gasteiger partial charge in [-0.15, -0.1) is 0 Å². The lowest BCUT2D eigenvalue weighted by molar-refractivity contribution is -0.123. The molecule has 26 heavy (non-hydrogen) atoms. The minimum absolute atomic E-state index is 0.287. The van der Waals surface area contributed by atoms with Crippen LogP contribution in [0.1, 0.15) is 43.5 Å². The molecule has 2 rings (SSSR count). The SMILES string of the molecule is Cc1ccccc1CNC(=O)C(NC(=O)OC(C)(C)C)c1ccccc1.